The zero-order valence-electron chi connectivity index (χ0n) is 36.2. The average molecular weight is 764 g/mol. The van der Waals surface area contributed by atoms with Gasteiger partial charge >= 0.3 is 5.97 Å². The molecule has 0 spiro atoms. The van der Waals surface area contributed by atoms with E-state index in [2.05, 4.69) is 19.2 Å². The lowest BCUT2D eigenvalue weighted by Crippen LogP contribution is -2.45. The zero-order chi connectivity index (χ0) is 39.4. The summed E-state index contributed by atoms with van der Waals surface area (Å²) in [5.41, 5.74) is 0. The highest BCUT2D eigenvalue weighted by Crippen LogP contribution is 2.16. The van der Waals surface area contributed by atoms with E-state index in [1.54, 1.807) is 6.08 Å². The highest BCUT2D eigenvalue weighted by Gasteiger charge is 2.18. The van der Waals surface area contributed by atoms with E-state index in [0.29, 0.717) is 19.4 Å². The normalized spacial score (nSPS) is 12.7. The van der Waals surface area contributed by atoms with Gasteiger partial charge in [0.25, 0.3) is 0 Å². The lowest BCUT2D eigenvalue weighted by atomic mass is 10.0. The Hall–Kier alpha value is -1.40. The van der Waals surface area contributed by atoms with Crippen LogP contribution in [0.3, 0.4) is 0 Å². The first-order valence-corrected chi connectivity index (χ1v) is 24.0. The molecule has 0 heterocycles. The Kier molecular flexibility index (Phi) is 43.2. The molecule has 0 aromatic carbocycles. The van der Waals surface area contributed by atoms with Crippen molar-refractivity contribution in [2.24, 2.45) is 0 Å². The van der Waals surface area contributed by atoms with Crippen LogP contribution in [0.2, 0.25) is 0 Å². The van der Waals surface area contributed by atoms with Crippen LogP contribution in [0.4, 0.5) is 0 Å². The molecule has 0 aromatic heterocycles. The number of carbonyl (C=O) groups excluding carboxylic acids is 2. The van der Waals surface area contributed by atoms with Crippen LogP contribution in [0.5, 0.6) is 0 Å². The number of allylic oxidation sites excluding steroid dienone is 1. The minimum absolute atomic E-state index is 0.00120. The fourth-order valence-electron chi connectivity index (χ4n) is 7.34. The van der Waals surface area contributed by atoms with Gasteiger partial charge in [0.1, 0.15) is 0 Å². The predicted octanol–water partition coefficient (Wildman–Crippen LogP) is 13.8. The van der Waals surface area contributed by atoms with Crippen LogP contribution in [-0.4, -0.2) is 47.4 Å². The first-order valence-electron chi connectivity index (χ1n) is 24.0. The molecule has 0 aromatic rings. The average Bonchev–Trinajstić information content (AvgIpc) is 3.17. The lowest BCUT2D eigenvalue weighted by molar-refractivity contribution is -0.143. The van der Waals surface area contributed by atoms with E-state index < -0.39 is 12.1 Å². The molecule has 0 saturated carbocycles. The van der Waals surface area contributed by atoms with Crippen molar-refractivity contribution in [2.45, 2.75) is 270 Å². The monoisotopic (exact) mass is 764 g/mol. The maximum absolute atomic E-state index is 12.4. The number of carbonyl (C=O) groups is 2. The van der Waals surface area contributed by atoms with Crippen LogP contribution >= 0.6 is 0 Å². The number of rotatable bonds is 44. The molecule has 2 atom stereocenters. The Morgan fingerprint density at radius 1 is 0.500 bits per heavy atom. The van der Waals surface area contributed by atoms with E-state index in [4.69, 9.17) is 4.74 Å². The summed E-state index contributed by atoms with van der Waals surface area (Å²) >= 11 is 0. The number of hydrogen-bond donors (Lipinski definition) is 3. The van der Waals surface area contributed by atoms with E-state index in [-0.39, 0.29) is 18.5 Å². The summed E-state index contributed by atoms with van der Waals surface area (Å²) in [7, 11) is 0. The minimum Gasteiger partial charge on any atom is -0.466 e. The molecule has 320 valence electrons. The van der Waals surface area contributed by atoms with Gasteiger partial charge in [-0.05, 0) is 32.1 Å². The van der Waals surface area contributed by atoms with E-state index >= 15 is 0 Å². The van der Waals surface area contributed by atoms with Gasteiger partial charge in [0.2, 0.25) is 5.91 Å². The Morgan fingerprint density at radius 2 is 0.852 bits per heavy atom. The molecule has 0 fully saturated rings. The summed E-state index contributed by atoms with van der Waals surface area (Å²) in [5.74, 6) is -0.0788. The van der Waals surface area contributed by atoms with Crippen molar-refractivity contribution in [3.63, 3.8) is 0 Å². The third kappa shape index (κ3) is 40.3. The Bertz CT molecular complexity index is 802. The van der Waals surface area contributed by atoms with Crippen LogP contribution in [0.25, 0.3) is 0 Å². The first kappa shape index (κ1) is 52.6. The van der Waals surface area contributed by atoms with Gasteiger partial charge in [-0.15, -0.1) is 0 Å². The van der Waals surface area contributed by atoms with Gasteiger partial charge in [-0.2, -0.15) is 0 Å². The van der Waals surface area contributed by atoms with E-state index in [1.165, 1.54) is 186 Å². The molecule has 54 heavy (non-hydrogen) atoms. The number of aliphatic hydroxyl groups excluding tert-OH is 2. The molecule has 6 nitrogen and oxygen atoms in total. The molecule has 0 aliphatic carbocycles. The standard InChI is InChI=1S/C48H93NO5/c1-3-5-7-9-11-13-20-24-28-32-36-40-46(51)45(44-50)49-47(52)41-37-33-29-25-22-18-16-15-17-19-23-27-31-35-39-43-54-48(53)42-38-34-30-26-21-14-12-10-8-6-4-2/h36,40,45-46,50-51H,3-35,37-39,41-44H2,1-2H3,(H,49,52)/b40-36+. The quantitative estimate of drug-likeness (QED) is 0.0326. The fraction of sp³-hybridized carbons (Fsp3) is 0.917. The largest absolute Gasteiger partial charge is 0.466 e. The number of nitrogens with one attached hydrogen (secondary N) is 1. The van der Waals surface area contributed by atoms with E-state index in [1.807, 2.05) is 6.08 Å². The Balaban J connectivity index is 3.45. The molecule has 1 amide bonds. The number of ether oxygens (including phenoxy) is 1. The number of aliphatic hydroxyl groups is 2. The summed E-state index contributed by atoms with van der Waals surface area (Å²) in [6.07, 6.45) is 49.1. The summed E-state index contributed by atoms with van der Waals surface area (Å²) in [6, 6.07) is -0.631. The fourth-order valence-corrected chi connectivity index (χ4v) is 7.34. The summed E-state index contributed by atoms with van der Waals surface area (Å²) in [5, 5.41) is 22.9. The van der Waals surface area contributed by atoms with Crippen LogP contribution in [-0.2, 0) is 14.3 Å². The summed E-state index contributed by atoms with van der Waals surface area (Å²) in [4.78, 5) is 24.3. The molecule has 0 aliphatic rings. The smallest absolute Gasteiger partial charge is 0.305 e. The second kappa shape index (κ2) is 44.3. The van der Waals surface area contributed by atoms with Crippen molar-refractivity contribution in [1.29, 1.82) is 0 Å². The van der Waals surface area contributed by atoms with Crippen LogP contribution < -0.4 is 5.32 Å². The molecule has 0 saturated heterocycles. The van der Waals surface area contributed by atoms with Gasteiger partial charge in [0, 0.05) is 12.8 Å². The Labute approximate surface area is 336 Å². The molecule has 2 unspecified atom stereocenters. The number of amides is 1. The lowest BCUT2D eigenvalue weighted by Gasteiger charge is -2.20. The second-order valence-electron chi connectivity index (χ2n) is 16.5. The van der Waals surface area contributed by atoms with Gasteiger partial charge in [-0.1, -0.05) is 225 Å². The van der Waals surface area contributed by atoms with Crippen molar-refractivity contribution in [1.82, 2.24) is 5.32 Å². The zero-order valence-corrected chi connectivity index (χ0v) is 36.2. The molecule has 0 radical (unpaired) electrons. The first-order chi connectivity index (χ1) is 26.5. The van der Waals surface area contributed by atoms with Gasteiger partial charge in [0.15, 0.2) is 0 Å². The highest BCUT2D eigenvalue weighted by atomic mass is 16.5. The highest BCUT2D eigenvalue weighted by molar-refractivity contribution is 5.76. The van der Waals surface area contributed by atoms with Crippen molar-refractivity contribution in [3.05, 3.63) is 12.2 Å². The minimum atomic E-state index is -0.847. The van der Waals surface area contributed by atoms with Gasteiger partial charge in [-0.3, -0.25) is 9.59 Å². The maximum atomic E-state index is 12.4. The van der Waals surface area contributed by atoms with Crippen LogP contribution in [0.1, 0.15) is 258 Å². The van der Waals surface area contributed by atoms with Crippen LogP contribution in [0, 0.1) is 0 Å². The molecule has 0 rings (SSSR count). The van der Waals surface area contributed by atoms with Crippen molar-refractivity contribution in [3.8, 4) is 0 Å². The van der Waals surface area contributed by atoms with Gasteiger partial charge in [-0.25, -0.2) is 0 Å². The number of unbranched alkanes of at least 4 members (excludes halogenated alkanes) is 33. The molecule has 3 N–H and O–H groups in total. The van der Waals surface area contributed by atoms with E-state index in [9.17, 15) is 19.8 Å². The summed E-state index contributed by atoms with van der Waals surface area (Å²) < 4.78 is 5.44. The predicted molar refractivity (Wildman–Crippen MR) is 232 cm³/mol. The maximum Gasteiger partial charge on any atom is 0.305 e. The SMILES string of the molecule is CCCCCCCCCCC/C=C/C(O)C(CO)NC(=O)CCCCCCCCCCCCCCCCCOC(=O)CCCCCCCCCCCCC. The van der Waals surface area contributed by atoms with Gasteiger partial charge < -0.3 is 20.3 Å². The second-order valence-corrected chi connectivity index (χ2v) is 16.5. The molecule has 0 bridgehead atoms. The third-order valence-corrected chi connectivity index (χ3v) is 11.1. The Morgan fingerprint density at radius 3 is 1.26 bits per heavy atom. The molecule has 0 aliphatic heterocycles. The van der Waals surface area contributed by atoms with Crippen molar-refractivity contribution in [2.75, 3.05) is 13.2 Å². The molecular weight excluding hydrogens is 671 g/mol. The topological polar surface area (TPSA) is 95.9 Å². The molecule has 6 heteroatoms. The molecular formula is C48H93NO5. The van der Waals surface area contributed by atoms with Crippen LogP contribution in [0.15, 0.2) is 12.2 Å². The number of hydrogen-bond acceptors (Lipinski definition) is 5. The van der Waals surface area contributed by atoms with Crippen molar-refractivity contribution < 1.29 is 24.5 Å². The summed E-state index contributed by atoms with van der Waals surface area (Å²) in [6.45, 7) is 4.86. The van der Waals surface area contributed by atoms with Gasteiger partial charge in [0.05, 0.1) is 25.4 Å². The number of esters is 1. The van der Waals surface area contributed by atoms with E-state index in [0.717, 1.165) is 44.9 Å². The third-order valence-electron chi connectivity index (χ3n) is 11.1. The van der Waals surface area contributed by atoms with Crippen molar-refractivity contribution >= 4 is 11.9 Å².